The van der Waals surface area contributed by atoms with Crippen LogP contribution in [-0.4, -0.2) is 47.5 Å². The van der Waals surface area contributed by atoms with E-state index in [4.69, 9.17) is 4.98 Å². The van der Waals surface area contributed by atoms with Crippen molar-refractivity contribution in [3.05, 3.63) is 55.0 Å². The number of H-pyrrole nitrogens is 1. The van der Waals surface area contributed by atoms with Crippen LogP contribution in [0.4, 0.5) is 0 Å². The van der Waals surface area contributed by atoms with Crippen molar-refractivity contribution in [1.82, 2.24) is 34.4 Å². The van der Waals surface area contributed by atoms with Crippen LogP contribution in [0.5, 0.6) is 0 Å². The van der Waals surface area contributed by atoms with E-state index in [1.165, 1.54) is 6.42 Å². The third-order valence-corrected chi connectivity index (χ3v) is 4.26. The molecule has 7 nitrogen and oxygen atoms in total. The van der Waals surface area contributed by atoms with Crippen molar-refractivity contribution >= 4 is 0 Å². The summed E-state index contributed by atoms with van der Waals surface area (Å²) in [6.07, 6.45) is 15.0. The molecule has 1 aliphatic heterocycles. The first kappa shape index (κ1) is 14.1. The Kier molecular flexibility index (Phi) is 3.85. The lowest BCUT2D eigenvalue weighted by molar-refractivity contribution is 0.194. The van der Waals surface area contributed by atoms with Gasteiger partial charge in [0.15, 0.2) is 5.82 Å². The van der Waals surface area contributed by atoms with Gasteiger partial charge in [-0.25, -0.2) is 15.0 Å². The maximum Gasteiger partial charge on any atom is 0.156 e. The number of likely N-dealkylation sites (tertiary alicyclic amines) is 1. The van der Waals surface area contributed by atoms with E-state index in [-0.39, 0.29) is 0 Å². The molecule has 0 amide bonds. The molecule has 0 saturated carbocycles. The molecule has 1 atom stereocenters. The molecule has 1 fully saturated rings. The van der Waals surface area contributed by atoms with Crippen molar-refractivity contribution in [2.24, 2.45) is 0 Å². The highest BCUT2D eigenvalue weighted by Crippen LogP contribution is 2.26. The Morgan fingerprint density at radius 2 is 2.22 bits per heavy atom. The van der Waals surface area contributed by atoms with E-state index in [0.29, 0.717) is 5.92 Å². The van der Waals surface area contributed by atoms with Crippen LogP contribution in [0.15, 0.2) is 43.5 Å². The highest BCUT2D eigenvalue weighted by atomic mass is 15.2. The second-order valence-corrected chi connectivity index (χ2v) is 5.88. The van der Waals surface area contributed by atoms with Crippen molar-refractivity contribution in [1.29, 1.82) is 0 Å². The number of rotatable bonds is 4. The zero-order valence-corrected chi connectivity index (χ0v) is 12.8. The summed E-state index contributed by atoms with van der Waals surface area (Å²) in [6, 6.07) is 0. The van der Waals surface area contributed by atoms with Crippen LogP contribution in [0.1, 0.15) is 30.3 Å². The first-order valence-electron chi connectivity index (χ1n) is 7.89. The SMILES string of the molecule is c1cn(-c2cncc([C@@H]3CCCN(Cc4ncc[nH]4)C3)n2)cn1. The second-order valence-electron chi connectivity index (χ2n) is 5.88. The van der Waals surface area contributed by atoms with E-state index < -0.39 is 0 Å². The standard InChI is InChI=1S/C16H19N7/c1-2-13(10-22(6-1)11-15-19-3-4-20-15)14-8-18-9-16(21-14)23-7-5-17-12-23/h3-5,7-9,12-13H,1-2,6,10-11H2,(H,19,20)/t13-/m1/s1. The molecule has 0 bridgehead atoms. The summed E-state index contributed by atoms with van der Waals surface area (Å²) in [4.78, 5) is 23.1. The van der Waals surface area contributed by atoms with Crippen molar-refractivity contribution in [3.63, 3.8) is 0 Å². The van der Waals surface area contributed by atoms with E-state index in [1.54, 1.807) is 24.9 Å². The number of piperidine rings is 1. The molecule has 118 valence electrons. The summed E-state index contributed by atoms with van der Waals surface area (Å²) in [5.74, 6) is 2.25. The second kappa shape index (κ2) is 6.29. The van der Waals surface area contributed by atoms with Gasteiger partial charge in [0, 0.05) is 43.4 Å². The summed E-state index contributed by atoms with van der Waals surface area (Å²) in [5.41, 5.74) is 1.06. The van der Waals surface area contributed by atoms with E-state index >= 15 is 0 Å². The van der Waals surface area contributed by atoms with E-state index in [2.05, 4.69) is 24.8 Å². The summed E-state index contributed by atoms with van der Waals surface area (Å²) in [6.45, 7) is 2.95. The fourth-order valence-electron chi connectivity index (χ4n) is 3.12. The molecule has 0 aromatic carbocycles. The molecule has 4 rings (SSSR count). The fourth-order valence-corrected chi connectivity index (χ4v) is 3.12. The molecule has 3 aromatic rings. The maximum absolute atomic E-state index is 4.78. The summed E-state index contributed by atoms with van der Waals surface area (Å²) in [5, 5.41) is 0. The molecule has 0 radical (unpaired) electrons. The van der Waals surface area contributed by atoms with E-state index in [9.17, 15) is 0 Å². The van der Waals surface area contributed by atoms with Gasteiger partial charge < -0.3 is 4.98 Å². The number of nitrogens with zero attached hydrogens (tertiary/aromatic N) is 6. The minimum Gasteiger partial charge on any atom is -0.348 e. The van der Waals surface area contributed by atoms with Gasteiger partial charge in [-0.1, -0.05) is 0 Å². The molecule has 1 N–H and O–H groups in total. The minimum atomic E-state index is 0.412. The lowest BCUT2D eigenvalue weighted by atomic mass is 9.95. The lowest BCUT2D eigenvalue weighted by Gasteiger charge is -2.31. The molecule has 0 aliphatic carbocycles. The maximum atomic E-state index is 4.78. The molecular formula is C16H19N7. The van der Waals surface area contributed by atoms with Gasteiger partial charge in [0.2, 0.25) is 0 Å². The fraction of sp³-hybridized carbons (Fsp3) is 0.375. The van der Waals surface area contributed by atoms with Crippen LogP contribution in [0.25, 0.3) is 5.82 Å². The zero-order valence-electron chi connectivity index (χ0n) is 12.8. The Labute approximate surface area is 134 Å². The largest absolute Gasteiger partial charge is 0.348 e. The van der Waals surface area contributed by atoms with Gasteiger partial charge in [0.05, 0.1) is 18.4 Å². The number of aromatic amines is 1. The average molecular weight is 309 g/mol. The molecule has 7 heteroatoms. The Morgan fingerprint density at radius 1 is 1.22 bits per heavy atom. The molecule has 0 spiro atoms. The summed E-state index contributed by atoms with van der Waals surface area (Å²) in [7, 11) is 0. The third-order valence-electron chi connectivity index (χ3n) is 4.26. The minimum absolute atomic E-state index is 0.412. The van der Waals surface area contributed by atoms with Crippen LogP contribution < -0.4 is 0 Å². The molecular weight excluding hydrogens is 290 g/mol. The average Bonchev–Trinajstić information content (AvgIpc) is 3.29. The molecule has 3 aromatic heterocycles. The topological polar surface area (TPSA) is 75.5 Å². The van der Waals surface area contributed by atoms with Crippen molar-refractivity contribution in [2.45, 2.75) is 25.3 Å². The number of hydrogen-bond donors (Lipinski definition) is 1. The van der Waals surface area contributed by atoms with Gasteiger partial charge in [-0.15, -0.1) is 0 Å². The monoisotopic (exact) mass is 309 g/mol. The number of aromatic nitrogens is 6. The van der Waals surface area contributed by atoms with Gasteiger partial charge in [-0.3, -0.25) is 14.5 Å². The third kappa shape index (κ3) is 3.14. The predicted octanol–water partition coefficient (Wildman–Crippen LogP) is 1.76. The van der Waals surface area contributed by atoms with Crippen LogP contribution in [-0.2, 0) is 6.54 Å². The van der Waals surface area contributed by atoms with Gasteiger partial charge in [0.1, 0.15) is 12.2 Å². The van der Waals surface area contributed by atoms with Crippen molar-refractivity contribution in [3.8, 4) is 5.82 Å². The normalized spacial score (nSPS) is 19.0. The van der Waals surface area contributed by atoms with Gasteiger partial charge in [0.25, 0.3) is 0 Å². The number of nitrogens with one attached hydrogen (secondary N) is 1. The predicted molar refractivity (Wildman–Crippen MR) is 85.0 cm³/mol. The Morgan fingerprint density at radius 3 is 3.04 bits per heavy atom. The number of imidazole rings is 2. The van der Waals surface area contributed by atoms with Crippen molar-refractivity contribution in [2.75, 3.05) is 13.1 Å². The first-order chi connectivity index (χ1) is 11.4. The smallest absolute Gasteiger partial charge is 0.156 e. The molecule has 0 unspecified atom stereocenters. The van der Waals surface area contributed by atoms with Crippen LogP contribution >= 0.6 is 0 Å². The van der Waals surface area contributed by atoms with Crippen molar-refractivity contribution < 1.29 is 0 Å². The van der Waals surface area contributed by atoms with Crippen LogP contribution in [0.2, 0.25) is 0 Å². The zero-order chi connectivity index (χ0) is 15.5. The molecule has 1 saturated heterocycles. The van der Waals surface area contributed by atoms with Crippen LogP contribution in [0, 0.1) is 0 Å². The summed E-state index contributed by atoms with van der Waals surface area (Å²) < 4.78 is 1.89. The summed E-state index contributed by atoms with van der Waals surface area (Å²) >= 11 is 0. The van der Waals surface area contributed by atoms with E-state index in [1.807, 2.05) is 23.2 Å². The van der Waals surface area contributed by atoms with E-state index in [0.717, 1.165) is 43.4 Å². The molecule has 4 heterocycles. The Balaban J connectivity index is 1.50. The Bertz CT molecular complexity index is 736. The van der Waals surface area contributed by atoms with Crippen LogP contribution in [0.3, 0.4) is 0 Å². The van der Waals surface area contributed by atoms with Gasteiger partial charge >= 0.3 is 0 Å². The Hall–Kier alpha value is -2.54. The van der Waals surface area contributed by atoms with Gasteiger partial charge in [-0.2, -0.15) is 0 Å². The molecule has 23 heavy (non-hydrogen) atoms. The lowest BCUT2D eigenvalue weighted by Crippen LogP contribution is -2.34. The molecule has 1 aliphatic rings. The highest BCUT2D eigenvalue weighted by molar-refractivity contribution is 5.21. The van der Waals surface area contributed by atoms with Gasteiger partial charge in [-0.05, 0) is 19.4 Å². The first-order valence-corrected chi connectivity index (χ1v) is 7.89. The number of hydrogen-bond acceptors (Lipinski definition) is 5. The highest BCUT2D eigenvalue weighted by Gasteiger charge is 2.23. The quantitative estimate of drug-likeness (QED) is 0.795.